The van der Waals surface area contributed by atoms with Gasteiger partial charge in [-0.15, -0.1) is 0 Å². The number of unbranched alkanes of at least 4 members (excludes halogenated alkanes) is 15. The Labute approximate surface area is 273 Å². The van der Waals surface area contributed by atoms with E-state index in [0.717, 1.165) is 29.9 Å². The van der Waals surface area contributed by atoms with Gasteiger partial charge in [-0.2, -0.15) is 0 Å². The van der Waals surface area contributed by atoms with Gasteiger partial charge in [0.15, 0.2) is 0 Å². The summed E-state index contributed by atoms with van der Waals surface area (Å²) in [5.41, 5.74) is 0. The molecule has 9 heteroatoms. The summed E-state index contributed by atoms with van der Waals surface area (Å²) >= 11 is 0. The number of nitrogens with zero attached hydrogens (tertiary/aromatic N) is 1. The summed E-state index contributed by atoms with van der Waals surface area (Å²) in [6.45, 7) is 10.4. The highest BCUT2D eigenvalue weighted by Gasteiger charge is 2.41. The number of hydrogen-bond donors (Lipinski definition) is 1. The molecule has 8 nitrogen and oxygen atoms in total. The molecule has 0 bridgehead atoms. The fourth-order valence-electron chi connectivity index (χ4n) is 5.96. The highest BCUT2D eigenvalue weighted by molar-refractivity contribution is 6.60. The first-order valence-electron chi connectivity index (χ1n) is 18.6. The molecule has 1 aliphatic rings. The molecule has 0 amide bonds. The molecule has 2 unspecified atom stereocenters. The Balaban J connectivity index is 2.21. The Morgan fingerprint density at radius 1 is 0.682 bits per heavy atom. The Kier molecular flexibility index (Phi) is 27.7. The van der Waals surface area contributed by atoms with E-state index in [1.54, 1.807) is 0 Å². The van der Waals surface area contributed by atoms with Crippen molar-refractivity contribution in [1.82, 2.24) is 0 Å². The Bertz CT molecular complexity index is 616. The van der Waals surface area contributed by atoms with Crippen molar-refractivity contribution in [3.8, 4) is 0 Å². The first-order valence-corrected chi connectivity index (χ1v) is 20.5. The predicted octanol–water partition coefficient (Wildman–Crippen LogP) is 7.54. The van der Waals surface area contributed by atoms with E-state index < -0.39 is 8.80 Å². The van der Waals surface area contributed by atoms with E-state index in [9.17, 15) is 0 Å². The van der Waals surface area contributed by atoms with E-state index in [2.05, 4.69) is 21.0 Å². The molecule has 2 atom stereocenters. The van der Waals surface area contributed by atoms with E-state index in [0.29, 0.717) is 52.9 Å². The summed E-state index contributed by atoms with van der Waals surface area (Å²) in [4.78, 5) is 0. The number of quaternary nitrogens is 1. The van der Waals surface area contributed by atoms with Gasteiger partial charge in [0.1, 0.15) is 0 Å². The minimum Gasteiger partial charge on any atom is -0.394 e. The minimum absolute atomic E-state index is 0.0151. The van der Waals surface area contributed by atoms with Gasteiger partial charge >= 0.3 is 8.80 Å². The van der Waals surface area contributed by atoms with Gasteiger partial charge in [0.2, 0.25) is 0 Å². The normalized spacial score (nSPS) is 20.8. The summed E-state index contributed by atoms with van der Waals surface area (Å²) in [5, 5.41) is 8.98. The maximum absolute atomic E-state index is 8.98. The molecular formula is C35H74NO7Si+. The van der Waals surface area contributed by atoms with Crippen LogP contribution in [0.3, 0.4) is 0 Å². The second kappa shape index (κ2) is 29.1. The van der Waals surface area contributed by atoms with Gasteiger partial charge in [0.05, 0.1) is 79.5 Å². The first kappa shape index (κ1) is 41.9. The van der Waals surface area contributed by atoms with Gasteiger partial charge in [-0.1, -0.05) is 96.8 Å². The van der Waals surface area contributed by atoms with Crippen LogP contribution >= 0.6 is 0 Å². The molecule has 0 aromatic rings. The number of ether oxygens (including phenoxy) is 3. The number of aliphatic hydroxyl groups excluding tert-OH is 1. The fourth-order valence-corrected chi connectivity index (χ4v) is 8.47. The lowest BCUT2D eigenvalue weighted by atomic mass is 10.0. The Hall–Kier alpha value is -0.103. The van der Waals surface area contributed by atoms with Crippen LogP contribution in [0.4, 0.5) is 0 Å². The fraction of sp³-hybridized carbons (Fsp3) is 1.00. The van der Waals surface area contributed by atoms with Crippen LogP contribution in [0.5, 0.6) is 0 Å². The monoisotopic (exact) mass is 649 g/mol. The molecule has 44 heavy (non-hydrogen) atoms. The average Bonchev–Trinajstić information content (AvgIpc) is 2.99. The van der Waals surface area contributed by atoms with Crippen LogP contribution in [-0.4, -0.2) is 111 Å². The van der Waals surface area contributed by atoms with Crippen LogP contribution in [0.2, 0.25) is 6.04 Å². The molecule has 0 spiro atoms. The molecule has 1 fully saturated rings. The molecular weight excluding hydrogens is 574 g/mol. The van der Waals surface area contributed by atoms with Crippen LogP contribution in [0.15, 0.2) is 0 Å². The third-order valence-corrected chi connectivity index (χ3v) is 11.6. The predicted molar refractivity (Wildman–Crippen MR) is 183 cm³/mol. The molecule has 1 aliphatic heterocycles. The van der Waals surface area contributed by atoms with Gasteiger partial charge < -0.3 is 37.1 Å². The molecule has 0 aromatic heterocycles. The van der Waals surface area contributed by atoms with E-state index in [4.69, 9.17) is 32.6 Å². The molecule has 0 radical (unpaired) electrons. The van der Waals surface area contributed by atoms with Gasteiger partial charge in [-0.25, -0.2) is 0 Å². The molecule has 0 saturated carbocycles. The van der Waals surface area contributed by atoms with E-state index in [-0.39, 0.29) is 12.7 Å². The first-order chi connectivity index (χ1) is 21.5. The lowest BCUT2D eigenvalue weighted by Crippen LogP contribution is -2.49. The molecule has 0 aliphatic carbocycles. The van der Waals surface area contributed by atoms with Gasteiger partial charge in [0, 0.05) is 25.7 Å². The van der Waals surface area contributed by atoms with Crippen molar-refractivity contribution < 1.29 is 37.1 Å². The second-order valence-corrected chi connectivity index (χ2v) is 16.0. The Morgan fingerprint density at radius 3 is 1.80 bits per heavy atom. The van der Waals surface area contributed by atoms with Gasteiger partial charge in [-0.3, -0.25) is 0 Å². The van der Waals surface area contributed by atoms with Crippen molar-refractivity contribution in [3.63, 3.8) is 0 Å². The van der Waals surface area contributed by atoms with Gasteiger partial charge in [-0.05, 0) is 26.2 Å². The average molecular weight is 649 g/mol. The number of rotatable bonds is 27. The largest absolute Gasteiger partial charge is 0.501 e. The highest BCUT2D eigenvalue weighted by atomic mass is 28.4. The zero-order valence-corrected chi connectivity index (χ0v) is 30.6. The van der Waals surface area contributed by atoms with Crippen LogP contribution in [0.1, 0.15) is 129 Å². The highest BCUT2D eigenvalue weighted by Crippen LogP contribution is 2.21. The van der Waals surface area contributed by atoms with Crippen LogP contribution in [0, 0.1) is 0 Å². The zero-order valence-electron chi connectivity index (χ0n) is 29.6. The SMILES string of the molecule is CCCCCCCCCCCCCCCCCC[N+](C)(C)CCC[Si]1(OCC)OCCOCCC(COCCO)OCCO1. The summed E-state index contributed by atoms with van der Waals surface area (Å²) in [5.74, 6) is 0. The second-order valence-electron chi connectivity index (χ2n) is 13.3. The summed E-state index contributed by atoms with van der Waals surface area (Å²) < 4.78 is 37.2. The van der Waals surface area contributed by atoms with E-state index >= 15 is 0 Å². The number of hydrogen-bond acceptors (Lipinski definition) is 7. The van der Waals surface area contributed by atoms with Crippen molar-refractivity contribution >= 4 is 8.80 Å². The molecule has 1 heterocycles. The van der Waals surface area contributed by atoms with Crippen molar-refractivity contribution in [2.75, 3.05) is 86.6 Å². The standard InChI is InChI=1S/C35H74NO7Si/c1-5-7-8-9-10-11-12-13-14-15-16-17-18-19-20-21-24-36(3,4)25-22-33-44(41-6-2)42-31-29-38-27-23-35(34-39-28-26-37)40-30-32-43-44/h35,37H,5-34H2,1-4H3/q+1. The molecule has 264 valence electrons. The smallest absolute Gasteiger partial charge is 0.394 e. The van der Waals surface area contributed by atoms with Crippen molar-refractivity contribution in [2.45, 2.75) is 142 Å². The lowest BCUT2D eigenvalue weighted by molar-refractivity contribution is -0.890. The minimum atomic E-state index is -2.82. The Morgan fingerprint density at radius 2 is 1.23 bits per heavy atom. The van der Waals surface area contributed by atoms with Crippen LogP contribution in [-0.2, 0) is 27.5 Å². The van der Waals surface area contributed by atoms with E-state index in [1.807, 2.05) is 6.92 Å². The zero-order chi connectivity index (χ0) is 32.0. The van der Waals surface area contributed by atoms with E-state index in [1.165, 1.54) is 109 Å². The maximum atomic E-state index is 8.98. The van der Waals surface area contributed by atoms with Crippen molar-refractivity contribution in [3.05, 3.63) is 0 Å². The topological polar surface area (TPSA) is 75.6 Å². The quantitative estimate of drug-likeness (QED) is 0.0560. The van der Waals surface area contributed by atoms with Gasteiger partial charge in [0.25, 0.3) is 0 Å². The lowest BCUT2D eigenvalue weighted by Gasteiger charge is -2.33. The summed E-state index contributed by atoms with van der Waals surface area (Å²) in [6.07, 6.45) is 24.2. The third kappa shape index (κ3) is 24.1. The van der Waals surface area contributed by atoms with Crippen molar-refractivity contribution in [2.24, 2.45) is 0 Å². The molecule has 1 N–H and O–H groups in total. The molecule has 0 aromatic carbocycles. The molecule has 1 rings (SSSR count). The summed E-state index contributed by atoms with van der Waals surface area (Å²) in [6, 6.07) is 0.810. The van der Waals surface area contributed by atoms with Crippen LogP contribution < -0.4 is 0 Å². The number of aliphatic hydroxyl groups is 1. The maximum Gasteiger partial charge on any atom is 0.501 e. The third-order valence-electron chi connectivity index (χ3n) is 8.66. The summed E-state index contributed by atoms with van der Waals surface area (Å²) in [7, 11) is 1.88. The molecule has 1 saturated heterocycles. The van der Waals surface area contributed by atoms with Crippen molar-refractivity contribution in [1.29, 1.82) is 0 Å². The van der Waals surface area contributed by atoms with Crippen LogP contribution in [0.25, 0.3) is 0 Å².